The molecule has 0 aliphatic rings. The van der Waals surface area contributed by atoms with Gasteiger partial charge in [-0.25, -0.2) is 0 Å². The quantitative estimate of drug-likeness (QED) is 0.168. The first kappa shape index (κ1) is 32.8. The van der Waals surface area contributed by atoms with Crippen molar-refractivity contribution in [2.75, 3.05) is 4.90 Å². The fourth-order valence-corrected chi connectivity index (χ4v) is 10.2. The highest BCUT2D eigenvalue weighted by Gasteiger charge is 2.26. The lowest BCUT2D eigenvalue weighted by Crippen LogP contribution is -2.13. The molecule has 3 nitrogen and oxygen atoms in total. The summed E-state index contributed by atoms with van der Waals surface area (Å²) in [6.07, 6.45) is 0. The van der Waals surface area contributed by atoms with Crippen molar-refractivity contribution in [2.24, 2.45) is 0 Å². The van der Waals surface area contributed by atoms with Crippen LogP contribution in [-0.2, 0) is 0 Å². The van der Waals surface area contributed by atoms with E-state index in [0.29, 0.717) is 0 Å². The largest absolute Gasteiger partial charge is 0.456 e. The molecule has 0 radical (unpaired) electrons. The van der Waals surface area contributed by atoms with Gasteiger partial charge in [-0.3, -0.25) is 0 Å². The summed E-state index contributed by atoms with van der Waals surface area (Å²) in [4.78, 5) is 2.46. The van der Waals surface area contributed by atoms with Crippen molar-refractivity contribution in [3.8, 4) is 27.9 Å². The summed E-state index contributed by atoms with van der Waals surface area (Å²) in [7, 11) is 0. The third kappa shape index (κ3) is 5.05. The highest BCUT2D eigenvalue weighted by atomic mass is 32.1. The summed E-state index contributed by atoms with van der Waals surface area (Å²) < 4.78 is 11.6. The number of rotatable bonds is 6. The number of nitrogens with zero attached hydrogens (tertiary/aromatic N) is 2. The Kier molecular flexibility index (Phi) is 7.40. The van der Waals surface area contributed by atoms with E-state index in [1.807, 2.05) is 17.4 Å². The van der Waals surface area contributed by atoms with Crippen LogP contribution in [-0.4, -0.2) is 4.57 Å². The van der Waals surface area contributed by atoms with Gasteiger partial charge in [0, 0.05) is 64.7 Å². The van der Waals surface area contributed by atoms with Crippen LogP contribution in [0.15, 0.2) is 211 Å². The molecule has 9 aromatic carbocycles. The predicted octanol–water partition coefficient (Wildman–Crippen LogP) is 15.9. The van der Waals surface area contributed by atoms with Crippen molar-refractivity contribution in [1.29, 1.82) is 0 Å². The Bertz CT molecular complexity index is 3520. The average Bonchev–Trinajstić information content (AvgIpc) is 3.96. The lowest BCUT2D eigenvalue weighted by Gasteiger charge is -2.30. The van der Waals surface area contributed by atoms with Gasteiger partial charge in [-0.15, -0.1) is 11.3 Å². The fourth-order valence-electron chi connectivity index (χ4n) is 9.06. The Morgan fingerprint density at radius 3 is 1.95 bits per heavy atom. The van der Waals surface area contributed by atoms with Crippen molar-refractivity contribution in [2.45, 2.75) is 0 Å². The maximum absolute atomic E-state index is 6.60. The van der Waals surface area contributed by atoms with E-state index in [1.165, 1.54) is 47.6 Å². The van der Waals surface area contributed by atoms with Crippen LogP contribution in [0.3, 0.4) is 0 Å². The Morgan fingerprint density at radius 1 is 0.414 bits per heavy atom. The maximum Gasteiger partial charge on any atom is 0.137 e. The molecule has 58 heavy (non-hydrogen) atoms. The van der Waals surface area contributed by atoms with Gasteiger partial charge in [-0.2, -0.15) is 0 Å². The molecule has 0 N–H and O–H groups in total. The highest BCUT2D eigenvalue weighted by molar-refractivity contribution is 7.25. The van der Waals surface area contributed by atoms with Gasteiger partial charge in [0.2, 0.25) is 0 Å². The molecular weight excluding hydrogens is 725 g/mol. The lowest BCUT2D eigenvalue weighted by atomic mass is 9.91. The Hall–Kier alpha value is -7.40. The zero-order valence-corrected chi connectivity index (χ0v) is 32.2. The number of hydrogen-bond donors (Lipinski definition) is 0. The molecule has 0 aliphatic carbocycles. The van der Waals surface area contributed by atoms with E-state index < -0.39 is 0 Å². The summed E-state index contributed by atoms with van der Waals surface area (Å²) in [5.74, 6) is 0. The summed E-state index contributed by atoms with van der Waals surface area (Å²) >= 11 is 1.86. The number of fused-ring (bicyclic) bond motifs is 9. The van der Waals surface area contributed by atoms with Crippen molar-refractivity contribution >= 4 is 92.3 Å². The third-order valence-electron chi connectivity index (χ3n) is 11.6. The monoisotopic (exact) mass is 758 g/mol. The van der Waals surface area contributed by atoms with Crippen molar-refractivity contribution in [3.63, 3.8) is 0 Å². The topological polar surface area (TPSA) is 21.3 Å². The number of furan rings is 1. The Labute approximate surface area is 338 Å². The number of hydrogen-bond acceptors (Lipinski definition) is 3. The standard InChI is InChI=1S/C54H34N2OS/c1-3-15-35(16-4-1)39-22-13-25-47(53(39)36-29-31-44-43-21-9-12-28-51(43)58-52(44)33-36)55(38-30-32-42-41-20-8-11-27-49(41)57-50(42)34-38)48-26-14-23-45-40-19-7-10-24-46(40)56(54(45)48)37-17-5-2-6-18-37/h1-34H. The highest BCUT2D eigenvalue weighted by Crippen LogP contribution is 2.50. The van der Waals surface area contributed by atoms with Crippen LogP contribution in [0.4, 0.5) is 17.1 Å². The smallest absolute Gasteiger partial charge is 0.137 e. The summed E-state index contributed by atoms with van der Waals surface area (Å²) in [5.41, 5.74) is 13.0. The van der Waals surface area contributed by atoms with Crippen LogP contribution in [0.25, 0.3) is 91.9 Å². The molecule has 12 aromatic rings. The van der Waals surface area contributed by atoms with Crippen LogP contribution in [0.1, 0.15) is 0 Å². The van der Waals surface area contributed by atoms with Crippen LogP contribution < -0.4 is 4.90 Å². The van der Waals surface area contributed by atoms with Gasteiger partial charge < -0.3 is 13.9 Å². The SMILES string of the molecule is c1ccc(-c2cccc(N(c3ccc4c(c3)oc3ccccc34)c3cccc4c5ccccc5n(-c5ccccc5)c34)c2-c2ccc3c(c2)sc2ccccc23)cc1. The molecule has 0 amide bonds. The Morgan fingerprint density at radius 2 is 1.07 bits per heavy atom. The minimum absolute atomic E-state index is 0.854. The molecular formula is C54H34N2OS. The van der Waals surface area contributed by atoms with E-state index in [0.717, 1.165) is 61.3 Å². The van der Waals surface area contributed by atoms with E-state index in [-0.39, 0.29) is 0 Å². The number of aromatic nitrogens is 1. The van der Waals surface area contributed by atoms with Crippen LogP contribution in [0, 0.1) is 0 Å². The number of benzene rings is 9. The van der Waals surface area contributed by atoms with E-state index in [9.17, 15) is 0 Å². The second-order valence-corrected chi connectivity index (χ2v) is 15.9. The lowest BCUT2D eigenvalue weighted by molar-refractivity contribution is 0.669. The first-order valence-corrected chi connectivity index (χ1v) is 20.5. The maximum atomic E-state index is 6.60. The van der Waals surface area contributed by atoms with E-state index >= 15 is 0 Å². The molecule has 3 aromatic heterocycles. The molecule has 0 saturated heterocycles. The van der Waals surface area contributed by atoms with Crippen molar-refractivity contribution in [3.05, 3.63) is 206 Å². The molecule has 4 heteroatoms. The van der Waals surface area contributed by atoms with Gasteiger partial charge in [-0.05, 0) is 77.4 Å². The second-order valence-electron chi connectivity index (χ2n) is 14.9. The molecule has 0 atom stereocenters. The molecule has 0 saturated carbocycles. The zero-order chi connectivity index (χ0) is 38.2. The van der Waals surface area contributed by atoms with Crippen molar-refractivity contribution in [1.82, 2.24) is 4.57 Å². The fraction of sp³-hybridized carbons (Fsp3) is 0. The number of anilines is 3. The Balaban J connectivity index is 1.21. The van der Waals surface area contributed by atoms with Crippen LogP contribution >= 0.6 is 11.3 Å². The van der Waals surface area contributed by atoms with E-state index in [1.54, 1.807) is 0 Å². The van der Waals surface area contributed by atoms with Gasteiger partial charge in [0.1, 0.15) is 11.2 Å². The second kappa shape index (κ2) is 13.1. The molecule has 0 fully saturated rings. The number of para-hydroxylation sites is 4. The molecule has 3 heterocycles. The summed E-state index contributed by atoms with van der Waals surface area (Å²) in [5, 5.41) is 7.21. The van der Waals surface area contributed by atoms with Gasteiger partial charge in [-0.1, -0.05) is 140 Å². The van der Waals surface area contributed by atoms with Gasteiger partial charge >= 0.3 is 0 Å². The molecule has 272 valence electrons. The van der Waals surface area contributed by atoms with E-state index in [4.69, 9.17) is 4.42 Å². The van der Waals surface area contributed by atoms with E-state index in [2.05, 4.69) is 210 Å². The first-order chi connectivity index (χ1) is 28.8. The molecule has 12 rings (SSSR count). The first-order valence-electron chi connectivity index (χ1n) is 19.7. The average molecular weight is 759 g/mol. The molecule has 0 spiro atoms. The minimum atomic E-state index is 0.854. The normalized spacial score (nSPS) is 11.8. The van der Waals surface area contributed by atoms with Gasteiger partial charge in [0.25, 0.3) is 0 Å². The van der Waals surface area contributed by atoms with Crippen LogP contribution in [0.2, 0.25) is 0 Å². The summed E-state index contributed by atoms with van der Waals surface area (Å²) in [6, 6.07) is 74.6. The van der Waals surface area contributed by atoms with Crippen LogP contribution in [0.5, 0.6) is 0 Å². The molecule has 0 aliphatic heterocycles. The predicted molar refractivity (Wildman–Crippen MR) is 247 cm³/mol. The summed E-state index contributed by atoms with van der Waals surface area (Å²) in [6.45, 7) is 0. The molecule has 0 unspecified atom stereocenters. The number of thiophene rings is 1. The molecule has 0 bridgehead atoms. The minimum Gasteiger partial charge on any atom is -0.456 e. The van der Waals surface area contributed by atoms with Crippen molar-refractivity contribution < 1.29 is 4.42 Å². The van der Waals surface area contributed by atoms with Gasteiger partial charge in [0.15, 0.2) is 0 Å². The zero-order valence-electron chi connectivity index (χ0n) is 31.3. The van der Waals surface area contributed by atoms with Gasteiger partial charge in [0.05, 0.1) is 22.4 Å². The third-order valence-corrected chi connectivity index (χ3v) is 12.7.